The molecule has 2 atom stereocenters. The van der Waals surface area contributed by atoms with Gasteiger partial charge in [0.1, 0.15) is 4.88 Å². The van der Waals surface area contributed by atoms with Gasteiger partial charge in [-0.2, -0.15) is 0 Å². The van der Waals surface area contributed by atoms with E-state index in [9.17, 15) is 4.79 Å². The molecule has 5 heteroatoms. The van der Waals surface area contributed by atoms with Crippen LogP contribution in [0, 0.1) is 0 Å². The maximum atomic E-state index is 12.6. The summed E-state index contributed by atoms with van der Waals surface area (Å²) in [5.74, 6) is 0.253. The SMILES string of the molecule is CC(C)c1ncsc1C(=O)NC1CCOC(c2ccccc2)C1. The first kappa shape index (κ1) is 16.1. The van der Waals surface area contributed by atoms with Gasteiger partial charge in [0, 0.05) is 12.6 Å². The number of ether oxygens (including phenoxy) is 1. The molecule has 1 aromatic heterocycles. The van der Waals surface area contributed by atoms with Crippen LogP contribution < -0.4 is 5.32 Å². The van der Waals surface area contributed by atoms with Crippen molar-refractivity contribution in [3.63, 3.8) is 0 Å². The fourth-order valence-electron chi connectivity index (χ4n) is 2.91. The Bertz CT molecular complexity index is 654. The number of nitrogens with zero attached hydrogens (tertiary/aromatic N) is 1. The second-order valence-electron chi connectivity index (χ2n) is 6.19. The molecule has 2 unspecified atom stereocenters. The zero-order valence-corrected chi connectivity index (χ0v) is 14.3. The molecule has 0 bridgehead atoms. The Balaban J connectivity index is 1.66. The molecule has 1 aliphatic heterocycles. The lowest BCUT2D eigenvalue weighted by molar-refractivity contribution is 0.000928. The van der Waals surface area contributed by atoms with E-state index in [2.05, 4.69) is 36.3 Å². The standard InChI is InChI=1S/C18H22N2O2S/c1-12(2)16-17(23-11-19-16)18(21)20-14-8-9-22-15(10-14)13-6-4-3-5-7-13/h3-7,11-12,14-15H,8-10H2,1-2H3,(H,20,21). The van der Waals surface area contributed by atoms with E-state index in [4.69, 9.17) is 4.74 Å². The summed E-state index contributed by atoms with van der Waals surface area (Å²) in [6.45, 7) is 4.79. The molecule has 1 N–H and O–H groups in total. The Morgan fingerprint density at radius 2 is 2.13 bits per heavy atom. The molecule has 1 saturated heterocycles. The summed E-state index contributed by atoms with van der Waals surface area (Å²) < 4.78 is 5.87. The number of nitrogens with one attached hydrogen (secondary N) is 1. The summed E-state index contributed by atoms with van der Waals surface area (Å²) in [5, 5.41) is 3.17. The highest BCUT2D eigenvalue weighted by Crippen LogP contribution is 2.28. The molecule has 1 aliphatic rings. The summed E-state index contributed by atoms with van der Waals surface area (Å²) in [6.07, 6.45) is 1.72. The van der Waals surface area contributed by atoms with E-state index in [-0.39, 0.29) is 24.0 Å². The molecule has 0 saturated carbocycles. The van der Waals surface area contributed by atoms with Gasteiger partial charge in [0.05, 0.1) is 17.3 Å². The van der Waals surface area contributed by atoms with Gasteiger partial charge < -0.3 is 10.1 Å². The van der Waals surface area contributed by atoms with Gasteiger partial charge in [-0.1, -0.05) is 44.2 Å². The number of hydrogen-bond acceptors (Lipinski definition) is 4. The summed E-state index contributed by atoms with van der Waals surface area (Å²) in [6, 6.07) is 10.3. The van der Waals surface area contributed by atoms with E-state index in [1.54, 1.807) is 5.51 Å². The molecule has 4 nitrogen and oxygen atoms in total. The largest absolute Gasteiger partial charge is 0.373 e. The van der Waals surface area contributed by atoms with Crippen molar-refractivity contribution < 1.29 is 9.53 Å². The highest BCUT2D eigenvalue weighted by molar-refractivity contribution is 7.11. The second-order valence-corrected chi connectivity index (χ2v) is 7.04. The average molecular weight is 330 g/mol. The molecular weight excluding hydrogens is 308 g/mol. The van der Waals surface area contributed by atoms with Crippen molar-refractivity contribution in [3.05, 3.63) is 52.0 Å². The van der Waals surface area contributed by atoms with E-state index >= 15 is 0 Å². The third kappa shape index (κ3) is 3.79. The minimum absolute atomic E-state index is 0.00471. The summed E-state index contributed by atoms with van der Waals surface area (Å²) >= 11 is 1.42. The van der Waals surface area contributed by atoms with Crippen LogP contribution in [0.4, 0.5) is 0 Å². The molecule has 0 radical (unpaired) electrons. The molecule has 122 valence electrons. The normalized spacial score (nSPS) is 21.3. The Labute approximate surface area is 140 Å². The third-order valence-electron chi connectivity index (χ3n) is 4.14. The van der Waals surface area contributed by atoms with Crippen LogP contribution in [0.1, 0.15) is 59.6 Å². The van der Waals surface area contributed by atoms with E-state index < -0.39 is 0 Å². The quantitative estimate of drug-likeness (QED) is 0.924. The molecule has 2 aromatic rings. The van der Waals surface area contributed by atoms with E-state index in [1.807, 2.05) is 18.2 Å². The lowest BCUT2D eigenvalue weighted by Gasteiger charge is -2.30. The van der Waals surface area contributed by atoms with Crippen molar-refractivity contribution in [2.75, 3.05) is 6.61 Å². The zero-order valence-electron chi connectivity index (χ0n) is 13.5. The number of carbonyl (C=O) groups excluding carboxylic acids is 1. The van der Waals surface area contributed by atoms with Crippen LogP contribution >= 0.6 is 11.3 Å². The molecule has 1 fully saturated rings. The molecule has 3 rings (SSSR count). The number of aromatic nitrogens is 1. The molecule has 1 amide bonds. The van der Waals surface area contributed by atoms with Gasteiger partial charge in [-0.3, -0.25) is 4.79 Å². The molecule has 1 aromatic carbocycles. The van der Waals surface area contributed by atoms with Crippen LogP contribution in [0.25, 0.3) is 0 Å². The maximum Gasteiger partial charge on any atom is 0.263 e. The molecular formula is C18H22N2O2S. The number of carbonyl (C=O) groups is 1. The number of benzene rings is 1. The van der Waals surface area contributed by atoms with Gasteiger partial charge in [-0.15, -0.1) is 11.3 Å². The topological polar surface area (TPSA) is 51.2 Å². The molecule has 2 heterocycles. The highest BCUT2D eigenvalue weighted by atomic mass is 32.1. The summed E-state index contributed by atoms with van der Waals surface area (Å²) in [5.41, 5.74) is 3.81. The van der Waals surface area contributed by atoms with E-state index in [0.717, 1.165) is 23.4 Å². The van der Waals surface area contributed by atoms with Gasteiger partial charge in [0.25, 0.3) is 5.91 Å². The summed E-state index contributed by atoms with van der Waals surface area (Å²) in [4.78, 5) is 17.6. The predicted molar refractivity (Wildman–Crippen MR) is 91.8 cm³/mol. The lowest BCUT2D eigenvalue weighted by atomic mass is 9.97. The monoisotopic (exact) mass is 330 g/mol. The summed E-state index contributed by atoms with van der Waals surface area (Å²) in [7, 11) is 0. The van der Waals surface area contributed by atoms with E-state index in [0.29, 0.717) is 6.61 Å². The van der Waals surface area contributed by atoms with Crippen molar-refractivity contribution in [1.82, 2.24) is 10.3 Å². The number of amides is 1. The van der Waals surface area contributed by atoms with Crippen molar-refractivity contribution in [2.45, 2.75) is 44.8 Å². The molecule has 0 aliphatic carbocycles. The Kier molecular flexibility index (Phi) is 5.08. The van der Waals surface area contributed by atoms with Crippen molar-refractivity contribution in [1.29, 1.82) is 0 Å². The van der Waals surface area contributed by atoms with Gasteiger partial charge in [-0.05, 0) is 24.3 Å². The first-order valence-corrected chi connectivity index (χ1v) is 8.94. The predicted octanol–water partition coefficient (Wildman–Crippen LogP) is 3.92. The minimum Gasteiger partial charge on any atom is -0.373 e. The average Bonchev–Trinajstić information content (AvgIpc) is 3.06. The fraction of sp³-hybridized carbons (Fsp3) is 0.444. The van der Waals surface area contributed by atoms with Crippen LogP contribution in [0.15, 0.2) is 35.8 Å². The number of rotatable bonds is 4. The van der Waals surface area contributed by atoms with Crippen molar-refractivity contribution in [2.24, 2.45) is 0 Å². The van der Waals surface area contributed by atoms with Crippen molar-refractivity contribution >= 4 is 17.2 Å². The maximum absolute atomic E-state index is 12.6. The Hall–Kier alpha value is -1.72. The van der Waals surface area contributed by atoms with Gasteiger partial charge in [-0.25, -0.2) is 4.98 Å². The molecule has 23 heavy (non-hydrogen) atoms. The van der Waals surface area contributed by atoms with Gasteiger partial charge in [0.2, 0.25) is 0 Å². The fourth-order valence-corrected chi connectivity index (χ4v) is 3.76. The first-order valence-electron chi connectivity index (χ1n) is 8.06. The Morgan fingerprint density at radius 1 is 1.35 bits per heavy atom. The van der Waals surface area contributed by atoms with Crippen LogP contribution in [-0.2, 0) is 4.74 Å². The third-order valence-corrected chi connectivity index (χ3v) is 4.98. The van der Waals surface area contributed by atoms with Crippen LogP contribution in [0.3, 0.4) is 0 Å². The Morgan fingerprint density at radius 3 is 2.87 bits per heavy atom. The first-order chi connectivity index (χ1) is 11.1. The van der Waals surface area contributed by atoms with E-state index in [1.165, 1.54) is 16.9 Å². The van der Waals surface area contributed by atoms with Gasteiger partial charge >= 0.3 is 0 Å². The smallest absolute Gasteiger partial charge is 0.263 e. The van der Waals surface area contributed by atoms with Crippen LogP contribution in [-0.4, -0.2) is 23.5 Å². The van der Waals surface area contributed by atoms with Crippen molar-refractivity contribution in [3.8, 4) is 0 Å². The second kappa shape index (κ2) is 7.23. The number of thiazole rings is 1. The number of hydrogen-bond donors (Lipinski definition) is 1. The van der Waals surface area contributed by atoms with Crippen LogP contribution in [0.5, 0.6) is 0 Å². The van der Waals surface area contributed by atoms with Gasteiger partial charge in [0.15, 0.2) is 0 Å². The lowest BCUT2D eigenvalue weighted by Crippen LogP contribution is -2.39. The van der Waals surface area contributed by atoms with Crippen LogP contribution in [0.2, 0.25) is 0 Å². The molecule has 0 spiro atoms. The highest BCUT2D eigenvalue weighted by Gasteiger charge is 2.26. The minimum atomic E-state index is -0.00471. The zero-order chi connectivity index (χ0) is 16.2.